The van der Waals surface area contributed by atoms with Gasteiger partial charge in [-0.25, -0.2) is 0 Å². The van der Waals surface area contributed by atoms with Crippen molar-refractivity contribution in [1.29, 1.82) is 0 Å². The third-order valence-corrected chi connectivity index (χ3v) is 4.86. The molecule has 3 rings (SSSR count). The minimum atomic E-state index is -0.615. The van der Waals surface area contributed by atoms with Crippen LogP contribution in [-0.4, -0.2) is 17.2 Å². The van der Waals surface area contributed by atoms with Crippen molar-refractivity contribution in [2.75, 3.05) is 0 Å². The SMILES string of the molecule is CC(C)c1ccc(C2(O)CC3CCCC(C2)N3)cc1. The molecule has 2 fully saturated rings. The van der Waals surface area contributed by atoms with Crippen molar-refractivity contribution in [3.8, 4) is 0 Å². The molecule has 2 heteroatoms. The van der Waals surface area contributed by atoms with E-state index in [0.29, 0.717) is 18.0 Å². The molecule has 2 unspecified atom stereocenters. The zero-order valence-electron chi connectivity index (χ0n) is 12.0. The predicted octanol–water partition coefficient (Wildman–Crippen LogP) is 3.30. The molecule has 0 spiro atoms. The van der Waals surface area contributed by atoms with E-state index in [4.69, 9.17) is 0 Å². The summed E-state index contributed by atoms with van der Waals surface area (Å²) in [5, 5.41) is 14.7. The van der Waals surface area contributed by atoms with Gasteiger partial charge < -0.3 is 10.4 Å². The first-order valence-corrected chi connectivity index (χ1v) is 7.66. The van der Waals surface area contributed by atoms with Gasteiger partial charge in [0.25, 0.3) is 0 Å². The third kappa shape index (κ3) is 2.56. The number of benzene rings is 1. The van der Waals surface area contributed by atoms with Crippen molar-refractivity contribution in [3.05, 3.63) is 35.4 Å². The standard InChI is InChI=1S/C17H25NO/c1-12(2)13-6-8-14(9-7-13)17(19)10-15-4-3-5-16(11-17)18-15/h6-9,12,15-16,18-19H,3-5,10-11H2,1-2H3. The van der Waals surface area contributed by atoms with Gasteiger partial charge in [-0.1, -0.05) is 44.5 Å². The van der Waals surface area contributed by atoms with E-state index in [1.165, 1.54) is 24.8 Å². The van der Waals surface area contributed by atoms with Crippen LogP contribution >= 0.6 is 0 Å². The molecular formula is C17H25NO. The molecular weight excluding hydrogens is 234 g/mol. The van der Waals surface area contributed by atoms with E-state index < -0.39 is 5.60 Å². The molecule has 1 aromatic carbocycles. The molecule has 0 radical (unpaired) electrons. The van der Waals surface area contributed by atoms with Crippen molar-refractivity contribution >= 4 is 0 Å². The number of hydrogen-bond donors (Lipinski definition) is 2. The molecule has 1 aromatic rings. The Bertz CT molecular complexity index is 425. The maximum atomic E-state index is 11.0. The fourth-order valence-electron chi connectivity index (χ4n) is 3.75. The van der Waals surface area contributed by atoms with Gasteiger partial charge in [0.1, 0.15) is 0 Å². The first kappa shape index (κ1) is 13.1. The minimum absolute atomic E-state index is 0.502. The van der Waals surface area contributed by atoms with Crippen LogP contribution < -0.4 is 5.32 Å². The monoisotopic (exact) mass is 259 g/mol. The van der Waals surface area contributed by atoms with Crippen LogP contribution in [0, 0.1) is 0 Å². The van der Waals surface area contributed by atoms with Gasteiger partial charge in [0.15, 0.2) is 0 Å². The van der Waals surface area contributed by atoms with Crippen LogP contribution in [0.4, 0.5) is 0 Å². The summed E-state index contributed by atoms with van der Waals surface area (Å²) < 4.78 is 0. The average molecular weight is 259 g/mol. The van der Waals surface area contributed by atoms with Crippen molar-refractivity contribution in [2.45, 2.75) is 69.6 Å². The maximum Gasteiger partial charge on any atom is 0.0926 e. The third-order valence-electron chi connectivity index (χ3n) is 4.86. The lowest BCUT2D eigenvalue weighted by Gasteiger charge is -2.45. The van der Waals surface area contributed by atoms with E-state index in [1.54, 1.807) is 0 Å². The van der Waals surface area contributed by atoms with E-state index in [1.807, 2.05) is 0 Å². The molecule has 0 amide bonds. The molecule has 2 aliphatic rings. The molecule has 2 bridgehead atoms. The molecule has 2 heterocycles. The van der Waals surface area contributed by atoms with Crippen LogP contribution in [0.5, 0.6) is 0 Å². The van der Waals surface area contributed by atoms with Crippen LogP contribution in [0.2, 0.25) is 0 Å². The first-order valence-electron chi connectivity index (χ1n) is 7.66. The minimum Gasteiger partial charge on any atom is -0.385 e. The Morgan fingerprint density at radius 2 is 1.68 bits per heavy atom. The number of rotatable bonds is 2. The van der Waals surface area contributed by atoms with Gasteiger partial charge in [-0.15, -0.1) is 0 Å². The quantitative estimate of drug-likeness (QED) is 0.854. The summed E-state index contributed by atoms with van der Waals surface area (Å²) in [7, 11) is 0. The highest BCUT2D eigenvalue weighted by Crippen LogP contribution is 2.39. The Kier molecular flexibility index (Phi) is 3.40. The van der Waals surface area contributed by atoms with E-state index >= 15 is 0 Å². The van der Waals surface area contributed by atoms with Gasteiger partial charge in [-0.2, -0.15) is 0 Å². The highest BCUT2D eigenvalue weighted by atomic mass is 16.3. The van der Waals surface area contributed by atoms with Crippen molar-refractivity contribution < 1.29 is 5.11 Å². The Morgan fingerprint density at radius 1 is 1.11 bits per heavy atom. The Balaban J connectivity index is 1.83. The van der Waals surface area contributed by atoms with Gasteiger partial charge in [0.2, 0.25) is 0 Å². The van der Waals surface area contributed by atoms with Crippen molar-refractivity contribution in [2.24, 2.45) is 0 Å². The number of piperidine rings is 2. The molecule has 2 N–H and O–H groups in total. The second-order valence-electron chi connectivity index (χ2n) is 6.71. The smallest absolute Gasteiger partial charge is 0.0926 e. The van der Waals surface area contributed by atoms with Crippen molar-refractivity contribution in [1.82, 2.24) is 5.32 Å². The van der Waals surface area contributed by atoms with Crippen LogP contribution in [0.15, 0.2) is 24.3 Å². The fourth-order valence-corrected chi connectivity index (χ4v) is 3.75. The normalized spacial score (nSPS) is 34.5. The number of nitrogens with one attached hydrogen (secondary N) is 1. The van der Waals surface area contributed by atoms with Crippen LogP contribution in [-0.2, 0) is 5.60 Å². The fraction of sp³-hybridized carbons (Fsp3) is 0.647. The topological polar surface area (TPSA) is 32.3 Å². The van der Waals surface area contributed by atoms with Gasteiger partial charge in [0, 0.05) is 12.1 Å². The van der Waals surface area contributed by atoms with Gasteiger partial charge >= 0.3 is 0 Å². The van der Waals surface area contributed by atoms with Gasteiger partial charge in [-0.05, 0) is 42.7 Å². The van der Waals surface area contributed by atoms with E-state index in [-0.39, 0.29) is 0 Å². The van der Waals surface area contributed by atoms with E-state index in [0.717, 1.165) is 18.4 Å². The summed E-state index contributed by atoms with van der Waals surface area (Å²) in [6.07, 6.45) is 5.46. The number of aliphatic hydroxyl groups is 1. The number of fused-ring (bicyclic) bond motifs is 2. The maximum absolute atomic E-state index is 11.0. The molecule has 2 aliphatic heterocycles. The molecule has 2 saturated heterocycles. The molecule has 0 aromatic heterocycles. The zero-order chi connectivity index (χ0) is 13.5. The second-order valence-corrected chi connectivity index (χ2v) is 6.71. The molecule has 0 aliphatic carbocycles. The molecule has 2 atom stereocenters. The van der Waals surface area contributed by atoms with Crippen LogP contribution in [0.25, 0.3) is 0 Å². The summed E-state index contributed by atoms with van der Waals surface area (Å²) in [5.41, 5.74) is 1.84. The van der Waals surface area contributed by atoms with E-state index in [9.17, 15) is 5.11 Å². The highest BCUT2D eigenvalue weighted by Gasteiger charge is 2.41. The zero-order valence-corrected chi connectivity index (χ0v) is 12.0. The summed E-state index contributed by atoms with van der Waals surface area (Å²) in [6, 6.07) is 9.63. The lowest BCUT2D eigenvalue weighted by molar-refractivity contribution is -0.0358. The highest BCUT2D eigenvalue weighted by molar-refractivity contribution is 5.30. The predicted molar refractivity (Wildman–Crippen MR) is 78.2 cm³/mol. The lowest BCUT2D eigenvalue weighted by atomic mass is 9.74. The first-order chi connectivity index (χ1) is 9.07. The molecule has 104 valence electrons. The van der Waals surface area contributed by atoms with E-state index in [2.05, 4.69) is 43.4 Å². The Labute approximate surface area is 116 Å². The second kappa shape index (κ2) is 4.92. The van der Waals surface area contributed by atoms with Crippen molar-refractivity contribution in [3.63, 3.8) is 0 Å². The molecule has 0 saturated carbocycles. The Hall–Kier alpha value is -0.860. The largest absolute Gasteiger partial charge is 0.385 e. The summed E-state index contributed by atoms with van der Waals surface area (Å²) in [4.78, 5) is 0. The van der Waals surface area contributed by atoms with Crippen LogP contribution in [0.3, 0.4) is 0 Å². The summed E-state index contributed by atoms with van der Waals surface area (Å²) in [5.74, 6) is 0.552. The summed E-state index contributed by atoms with van der Waals surface area (Å²) in [6.45, 7) is 4.41. The van der Waals surface area contributed by atoms with Gasteiger partial charge in [-0.3, -0.25) is 0 Å². The molecule has 2 nitrogen and oxygen atoms in total. The van der Waals surface area contributed by atoms with Crippen LogP contribution in [0.1, 0.15) is 63.0 Å². The summed E-state index contributed by atoms with van der Waals surface area (Å²) >= 11 is 0. The molecule has 19 heavy (non-hydrogen) atoms. The lowest BCUT2D eigenvalue weighted by Crippen LogP contribution is -2.54. The number of hydrogen-bond acceptors (Lipinski definition) is 2. The average Bonchev–Trinajstić information content (AvgIpc) is 2.38. The van der Waals surface area contributed by atoms with Gasteiger partial charge in [0.05, 0.1) is 5.60 Å². The Morgan fingerprint density at radius 3 is 2.21 bits per heavy atom.